The minimum Gasteiger partial charge on any atom is -0.497 e. The van der Waals surface area contributed by atoms with Crippen molar-refractivity contribution in [1.29, 1.82) is 0 Å². The first kappa shape index (κ1) is 27.4. The van der Waals surface area contributed by atoms with E-state index in [1.54, 1.807) is 48.5 Å². The number of methoxy groups -OCH3 is 2. The minimum atomic E-state index is -1.16. The lowest BCUT2D eigenvalue weighted by Gasteiger charge is -2.32. The van der Waals surface area contributed by atoms with Gasteiger partial charge in [0.25, 0.3) is 11.8 Å². The Balaban J connectivity index is 2.23. The van der Waals surface area contributed by atoms with Crippen molar-refractivity contribution >= 4 is 40.6 Å². The van der Waals surface area contributed by atoms with E-state index in [4.69, 9.17) is 25.7 Å². The van der Waals surface area contributed by atoms with E-state index in [-0.39, 0.29) is 29.4 Å². The van der Waals surface area contributed by atoms with Gasteiger partial charge in [0.2, 0.25) is 5.91 Å². The first-order valence-corrected chi connectivity index (χ1v) is 12.1. The van der Waals surface area contributed by atoms with Crippen LogP contribution in [0.5, 0.6) is 11.5 Å². The fraction of sp³-hybridized carbons (Fsp3) is 0.280. The molecule has 1 aromatic heterocycles. The smallest absolute Gasteiger partial charge is 0.273 e. The summed E-state index contributed by atoms with van der Waals surface area (Å²) in [6, 6.07) is 12.4. The summed E-state index contributed by atoms with van der Waals surface area (Å²) < 4.78 is 20.1. The van der Waals surface area contributed by atoms with Crippen molar-refractivity contribution in [2.45, 2.75) is 13.0 Å². The number of carbonyl (C=O) groups is 3. The maximum Gasteiger partial charge on any atom is 0.273 e. The zero-order valence-corrected chi connectivity index (χ0v) is 21.5. The fourth-order valence-electron chi connectivity index (χ4n) is 3.61. The van der Waals surface area contributed by atoms with Crippen molar-refractivity contribution in [2.75, 3.05) is 44.6 Å². The lowest BCUT2D eigenvalue weighted by Crippen LogP contribution is -2.45. The van der Waals surface area contributed by atoms with E-state index in [9.17, 15) is 14.4 Å². The lowest BCUT2D eigenvalue weighted by atomic mass is 10.0. The summed E-state index contributed by atoms with van der Waals surface area (Å²) in [7, 11) is 3.05. The summed E-state index contributed by atoms with van der Waals surface area (Å²) in [5.74, 6) is -1.04. The van der Waals surface area contributed by atoms with Crippen LogP contribution in [0.15, 0.2) is 48.5 Å². The van der Waals surface area contributed by atoms with Crippen LogP contribution in [0, 0.1) is 0 Å². The number of primary amides is 1. The first-order chi connectivity index (χ1) is 17.8. The van der Waals surface area contributed by atoms with Crippen LogP contribution >= 0.6 is 11.5 Å². The average molecular weight is 528 g/mol. The molecule has 2 aromatic carbocycles. The molecular formula is C25H29N5O6S. The van der Waals surface area contributed by atoms with Crippen molar-refractivity contribution < 1.29 is 28.6 Å². The highest BCUT2D eigenvalue weighted by molar-refractivity contribution is 7.09. The number of benzene rings is 2. The number of anilines is 2. The van der Waals surface area contributed by atoms with Crippen LogP contribution in [0.4, 0.5) is 11.4 Å². The summed E-state index contributed by atoms with van der Waals surface area (Å²) in [6.07, 6.45) is 0. The van der Waals surface area contributed by atoms with Gasteiger partial charge >= 0.3 is 0 Å². The van der Waals surface area contributed by atoms with E-state index < -0.39 is 23.8 Å². The van der Waals surface area contributed by atoms with Gasteiger partial charge in [0.15, 0.2) is 5.69 Å². The van der Waals surface area contributed by atoms with Gasteiger partial charge in [0.05, 0.1) is 31.7 Å². The molecule has 0 radical (unpaired) electrons. The van der Waals surface area contributed by atoms with E-state index >= 15 is 0 Å². The molecule has 11 nitrogen and oxygen atoms in total. The molecular weight excluding hydrogens is 498 g/mol. The van der Waals surface area contributed by atoms with Crippen LogP contribution < -0.4 is 31.2 Å². The molecule has 1 heterocycles. The Bertz CT molecular complexity index is 1250. The van der Waals surface area contributed by atoms with E-state index in [1.807, 2.05) is 6.92 Å². The van der Waals surface area contributed by atoms with Gasteiger partial charge in [0, 0.05) is 13.7 Å². The molecule has 3 rings (SSSR count). The van der Waals surface area contributed by atoms with Crippen LogP contribution in [-0.2, 0) is 9.53 Å². The van der Waals surface area contributed by atoms with E-state index in [1.165, 1.54) is 19.1 Å². The number of hydrogen-bond acceptors (Lipinski definition) is 9. The Morgan fingerprint density at radius 3 is 2.41 bits per heavy atom. The standard InChI is InChI=1S/C25H29N5O6S/c1-4-36-18-8-6-5-7-17(18)30(25(33)22-19(26)20(23(27)31)29-37-22)21(24(32)28-13-14-34-2)15-9-11-16(35-3)12-10-15/h5-12,21H,4,13-14,26H2,1-3H3,(H2,27,31)(H,28,32)/t21-/m0/s1. The van der Waals surface area contributed by atoms with Gasteiger partial charge in [-0.1, -0.05) is 24.3 Å². The predicted molar refractivity (Wildman–Crippen MR) is 140 cm³/mol. The molecule has 0 unspecified atom stereocenters. The highest BCUT2D eigenvalue weighted by Gasteiger charge is 2.37. The van der Waals surface area contributed by atoms with Crippen LogP contribution in [-0.4, -0.2) is 56.1 Å². The number of para-hydroxylation sites is 2. The number of carbonyl (C=O) groups excluding carboxylic acids is 3. The molecule has 0 fully saturated rings. The van der Waals surface area contributed by atoms with Crippen molar-refractivity contribution in [3.8, 4) is 11.5 Å². The first-order valence-electron chi connectivity index (χ1n) is 11.3. The van der Waals surface area contributed by atoms with E-state index in [2.05, 4.69) is 9.69 Å². The molecule has 0 bridgehead atoms. The van der Waals surface area contributed by atoms with Gasteiger partial charge in [-0.05, 0) is 48.3 Å². The van der Waals surface area contributed by atoms with Crippen LogP contribution in [0.1, 0.15) is 38.7 Å². The molecule has 3 aromatic rings. The molecule has 0 spiro atoms. The number of aromatic nitrogens is 1. The van der Waals surface area contributed by atoms with Gasteiger partial charge in [-0.25, -0.2) is 0 Å². The monoisotopic (exact) mass is 527 g/mol. The number of nitrogens with one attached hydrogen (secondary N) is 1. The molecule has 0 aliphatic heterocycles. The van der Waals surface area contributed by atoms with Gasteiger partial charge in [-0.3, -0.25) is 19.3 Å². The van der Waals surface area contributed by atoms with Crippen LogP contribution in [0.2, 0.25) is 0 Å². The topological polar surface area (TPSA) is 159 Å². The highest BCUT2D eigenvalue weighted by Crippen LogP contribution is 2.38. The van der Waals surface area contributed by atoms with Crippen LogP contribution in [0.3, 0.4) is 0 Å². The van der Waals surface area contributed by atoms with Crippen molar-refractivity contribution in [3.05, 3.63) is 64.7 Å². The number of nitrogen functional groups attached to an aromatic ring is 1. The second-order valence-corrected chi connectivity index (χ2v) is 8.45. The largest absolute Gasteiger partial charge is 0.497 e. The molecule has 5 N–H and O–H groups in total. The number of amides is 3. The zero-order chi connectivity index (χ0) is 26.9. The SMILES string of the molecule is CCOc1ccccc1N(C(=O)c1snc(C(N)=O)c1N)[C@H](C(=O)NCCOC)c1ccc(OC)cc1. The number of nitrogens with two attached hydrogens (primary N) is 2. The highest BCUT2D eigenvalue weighted by atomic mass is 32.1. The van der Waals surface area contributed by atoms with Crippen molar-refractivity contribution in [1.82, 2.24) is 9.69 Å². The Kier molecular flexibility index (Phi) is 9.41. The number of rotatable bonds is 12. The minimum absolute atomic E-state index is 0.0386. The Hall–Kier alpha value is -4.16. The molecule has 0 aliphatic rings. The molecule has 0 saturated carbocycles. The second kappa shape index (κ2) is 12.7. The molecule has 196 valence electrons. The summed E-state index contributed by atoms with van der Waals surface area (Å²) in [5, 5.41) is 2.81. The summed E-state index contributed by atoms with van der Waals surface area (Å²) >= 11 is 0.727. The van der Waals surface area contributed by atoms with Crippen molar-refractivity contribution in [2.24, 2.45) is 5.73 Å². The molecule has 0 saturated heterocycles. The molecule has 37 heavy (non-hydrogen) atoms. The average Bonchev–Trinajstić information content (AvgIpc) is 3.29. The summed E-state index contributed by atoms with van der Waals surface area (Å²) in [5.41, 5.74) is 11.9. The Labute approximate surface area is 218 Å². The Morgan fingerprint density at radius 2 is 1.81 bits per heavy atom. The van der Waals surface area contributed by atoms with Crippen molar-refractivity contribution in [3.63, 3.8) is 0 Å². The maximum absolute atomic E-state index is 14.1. The third-order valence-electron chi connectivity index (χ3n) is 5.34. The van der Waals surface area contributed by atoms with Crippen LogP contribution in [0.25, 0.3) is 0 Å². The third kappa shape index (κ3) is 6.16. The van der Waals surface area contributed by atoms with E-state index in [0.29, 0.717) is 29.4 Å². The number of hydrogen-bond donors (Lipinski definition) is 3. The quantitative estimate of drug-likeness (QED) is 0.303. The van der Waals surface area contributed by atoms with E-state index in [0.717, 1.165) is 11.5 Å². The maximum atomic E-state index is 14.1. The molecule has 3 amide bonds. The molecule has 1 atom stereocenters. The number of nitrogens with zero attached hydrogens (tertiary/aromatic N) is 2. The lowest BCUT2D eigenvalue weighted by molar-refractivity contribution is -0.122. The fourth-order valence-corrected chi connectivity index (χ4v) is 4.36. The van der Waals surface area contributed by atoms with Gasteiger partial charge in [0.1, 0.15) is 22.4 Å². The van der Waals surface area contributed by atoms with Gasteiger partial charge in [-0.15, -0.1) is 0 Å². The zero-order valence-electron chi connectivity index (χ0n) is 20.7. The predicted octanol–water partition coefficient (Wildman–Crippen LogP) is 2.38. The third-order valence-corrected chi connectivity index (χ3v) is 6.19. The summed E-state index contributed by atoms with van der Waals surface area (Å²) in [4.78, 5) is 40.8. The normalized spacial score (nSPS) is 11.4. The van der Waals surface area contributed by atoms with Gasteiger partial charge < -0.3 is 31.0 Å². The Morgan fingerprint density at radius 1 is 1.11 bits per heavy atom. The summed E-state index contributed by atoms with van der Waals surface area (Å²) in [6.45, 7) is 2.61. The second-order valence-electron chi connectivity index (χ2n) is 7.67. The molecule has 0 aliphatic carbocycles. The number of ether oxygens (including phenoxy) is 3. The molecule has 12 heteroatoms. The van der Waals surface area contributed by atoms with Gasteiger partial charge in [-0.2, -0.15) is 4.37 Å².